The fraction of sp³-hybridized carbons (Fsp3) is 0.650. The Hall–Kier alpha value is -1.17. The van der Waals surface area contributed by atoms with E-state index in [4.69, 9.17) is 11.6 Å². The van der Waals surface area contributed by atoms with Crippen molar-refractivity contribution in [2.24, 2.45) is 5.92 Å². The summed E-state index contributed by atoms with van der Waals surface area (Å²) in [5, 5.41) is 0.457. The summed E-state index contributed by atoms with van der Waals surface area (Å²) in [5.41, 5.74) is 0.882. The molecule has 0 aromatic heterocycles. The van der Waals surface area contributed by atoms with Crippen LogP contribution in [0.2, 0.25) is 5.02 Å². The summed E-state index contributed by atoms with van der Waals surface area (Å²) < 4.78 is 13.5. The van der Waals surface area contributed by atoms with Crippen molar-refractivity contribution in [3.8, 4) is 0 Å². The van der Waals surface area contributed by atoms with Crippen molar-refractivity contribution in [1.82, 2.24) is 9.80 Å². The van der Waals surface area contributed by atoms with Gasteiger partial charge >= 0.3 is 0 Å². The molecule has 2 fully saturated rings. The first-order valence-electron chi connectivity index (χ1n) is 9.65. The highest BCUT2D eigenvalue weighted by molar-refractivity contribution is 6.30. The molecule has 4 nitrogen and oxygen atoms in total. The minimum atomic E-state index is -0.272. The third kappa shape index (κ3) is 5.66. The van der Waals surface area contributed by atoms with Crippen molar-refractivity contribution < 1.29 is 9.18 Å². The molecule has 0 N–H and O–H groups in total. The van der Waals surface area contributed by atoms with Gasteiger partial charge in [-0.2, -0.15) is 0 Å². The van der Waals surface area contributed by atoms with Crippen LogP contribution in [0.5, 0.6) is 0 Å². The Morgan fingerprint density at radius 2 is 1.77 bits per heavy atom. The monoisotopic (exact) mass is 381 g/mol. The van der Waals surface area contributed by atoms with Crippen molar-refractivity contribution in [2.75, 3.05) is 57.3 Å². The Kier molecular flexibility index (Phi) is 6.90. The fourth-order valence-electron chi connectivity index (χ4n) is 4.06. The van der Waals surface area contributed by atoms with Gasteiger partial charge in [0, 0.05) is 36.9 Å². The van der Waals surface area contributed by atoms with Gasteiger partial charge in [0.1, 0.15) is 11.6 Å². The quantitative estimate of drug-likeness (QED) is 0.755. The van der Waals surface area contributed by atoms with E-state index in [1.807, 2.05) is 6.07 Å². The average Bonchev–Trinajstić information content (AvgIpc) is 2.60. The molecule has 2 aliphatic heterocycles. The van der Waals surface area contributed by atoms with Gasteiger partial charge in [0.2, 0.25) is 0 Å². The number of anilines is 1. The van der Waals surface area contributed by atoms with Gasteiger partial charge in [-0.1, -0.05) is 11.6 Å². The summed E-state index contributed by atoms with van der Waals surface area (Å²) in [4.78, 5) is 18.2. The van der Waals surface area contributed by atoms with E-state index in [1.165, 1.54) is 25.3 Å². The summed E-state index contributed by atoms with van der Waals surface area (Å²) >= 11 is 5.97. The zero-order chi connectivity index (χ0) is 18.5. The molecule has 0 saturated carbocycles. The van der Waals surface area contributed by atoms with Crippen LogP contribution < -0.4 is 4.90 Å². The zero-order valence-corrected chi connectivity index (χ0v) is 16.3. The largest absolute Gasteiger partial charge is 0.369 e. The number of nitrogens with zero attached hydrogens (tertiary/aromatic N) is 3. The van der Waals surface area contributed by atoms with Crippen molar-refractivity contribution in [3.05, 3.63) is 29.0 Å². The van der Waals surface area contributed by atoms with E-state index in [2.05, 4.69) is 14.7 Å². The molecule has 3 rings (SSSR count). The summed E-state index contributed by atoms with van der Waals surface area (Å²) in [6.07, 6.45) is 3.64. The molecule has 0 aliphatic carbocycles. The van der Waals surface area contributed by atoms with E-state index in [0.29, 0.717) is 11.6 Å². The van der Waals surface area contributed by atoms with Crippen LogP contribution in [-0.2, 0) is 4.79 Å². The summed E-state index contributed by atoms with van der Waals surface area (Å²) in [6.45, 7) is 9.37. The number of Topliss-reactive ketones (excluding diaryl/α,β-unsaturated/α-hetero) is 1. The van der Waals surface area contributed by atoms with Gasteiger partial charge < -0.3 is 4.90 Å². The van der Waals surface area contributed by atoms with Crippen LogP contribution in [0.1, 0.15) is 26.2 Å². The molecule has 2 aliphatic rings. The maximum Gasteiger partial charge on any atom is 0.143 e. The molecule has 0 spiro atoms. The van der Waals surface area contributed by atoms with Crippen molar-refractivity contribution in [3.63, 3.8) is 0 Å². The second-order valence-electron chi connectivity index (χ2n) is 7.67. The fourth-order valence-corrected chi connectivity index (χ4v) is 4.28. The number of benzene rings is 1. The van der Waals surface area contributed by atoms with Gasteiger partial charge in [-0.25, -0.2) is 4.39 Å². The molecule has 2 heterocycles. The van der Waals surface area contributed by atoms with Crippen LogP contribution >= 0.6 is 11.6 Å². The molecule has 0 unspecified atom stereocenters. The molecule has 6 heteroatoms. The SMILES string of the molecule is CC(=O)CN1CCC(CCN2CCN(c3cc(F)cc(Cl)c3)CC2)CC1. The van der Waals surface area contributed by atoms with Gasteiger partial charge in [0.05, 0.1) is 6.54 Å². The first-order valence-corrected chi connectivity index (χ1v) is 10.0. The smallest absolute Gasteiger partial charge is 0.143 e. The Balaban J connectivity index is 1.37. The van der Waals surface area contributed by atoms with Gasteiger partial charge in [-0.05, 0) is 69.9 Å². The van der Waals surface area contributed by atoms with Crippen molar-refractivity contribution in [2.45, 2.75) is 26.2 Å². The number of carbonyl (C=O) groups is 1. The molecular formula is C20H29ClFN3O. The summed E-state index contributed by atoms with van der Waals surface area (Å²) in [5.74, 6) is 0.769. The Morgan fingerprint density at radius 1 is 1.08 bits per heavy atom. The summed E-state index contributed by atoms with van der Waals surface area (Å²) in [6, 6.07) is 4.76. The predicted octanol–water partition coefficient (Wildman–Crippen LogP) is 3.29. The maximum atomic E-state index is 13.5. The molecule has 2 saturated heterocycles. The number of hydrogen-bond acceptors (Lipinski definition) is 4. The Labute approximate surface area is 160 Å². The lowest BCUT2D eigenvalue weighted by molar-refractivity contribution is -0.118. The second kappa shape index (κ2) is 9.16. The molecule has 1 aromatic rings. The maximum absolute atomic E-state index is 13.5. The molecular weight excluding hydrogens is 353 g/mol. The highest BCUT2D eigenvalue weighted by atomic mass is 35.5. The second-order valence-corrected chi connectivity index (χ2v) is 8.10. The van der Waals surface area contributed by atoms with E-state index in [0.717, 1.165) is 57.4 Å². The third-order valence-electron chi connectivity index (χ3n) is 5.59. The Morgan fingerprint density at radius 3 is 2.38 bits per heavy atom. The number of carbonyl (C=O) groups excluding carboxylic acids is 1. The first kappa shape index (κ1) is 19.6. The average molecular weight is 382 g/mol. The van der Waals surface area contributed by atoms with Crippen LogP contribution in [0.15, 0.2) is 18.2 Å². The molecule has 1 aromatic carbocycles. The van der Waals surface area contributed by atoms with E-state index in [9.17, 15) is 9.18 Å². The lowest BCUT2D eigenvalue weighted by atomic mass is 9.93. The molecule has 0 amide bonds. The number of piperazine rings is 1. The van der Waals surface area contributed by atoms with E-state index in [1.54, 1.807) is 13.0 Å². The Bertz CT molecular complexity index is 591. The molecule has 26 heavy (non-hydrogen) atoms. The van der Waals surface area contributed by atoms with Crippen LogP contribution in [0.25, 0.3) is 0 Å². The lowest BCUT2D eigenvalue weighted by Gasteiger charge is -2.37. The standard InChI is InChI=1S/C20H29ClFN3O/c1-16(26)15-24-6-3-17(4-7-24)2-5-23-8-10-25(11-9-23)20-13-18(21)12-19(22)14-20/h12-14,17H,2-11,15H2,1H3. The molecule has 144 valence electrons. The van der Waals surface area contributed by atoms with Crippen molar-refractivity contribution in [1.29, 1.82) is 0 Å². The first-order chi connectivity index (χ1) is 12.5. The zero-order valence-electron chi connectivity index (χ0n) is 15.6. The van der Waals surface area contributed by atoms with Gasteiger partial charge in [-0.15, -0.1) is 0 Å². The summed E-state index contributed by atoms with van der Waals surface area (Å²) in [7, 11) is 0. The number of rotatable bonds is 6. The van der Waals surface area contributed by atoms with Gasteiger partial charge in [0.15, 0.2) is 0 Å². The van der Waals surface area contributed by atoms with E-state index in [-0.39, 0.29) is 11.6 Å². The molecule has 0 bridgehead atoms. The van der Waals surface area contributed by atoms with Crippen LogP contribution in [0, 0.1) is 11.7 Å². The van der Waals surface area contributed by atoms with Crippen molar-refractivity contribution >= 4 is 23.1 Å². The number of ketones is 1. The highest BCUT2D eigenvalue weighted by Crippen LogP contribution is 2.24. The van der Waals surface area contributed by atoms with Crippen LogP contribution in [0.4, 0.5) is 10.1 Å². The minimum Gasteiger partial charge on any atom is -0.369 e. The van der Waals surface area contributed by atoms with E-state index >= 15 is 0 Å². The number of halogens is 2. The number of piperidine rings is 1. The van der Waals surface area contributed by atoms with Crippen LogP contribution in [0.3, 0.4) is 0 Å². The van der Waals surface area contributed by atoms with Gasteiger partial charge in [-0.3, -0.25) is 14.6 Å². The number of likely N-dealkylation sites (tertiary alicyclic amines) is 1. The predicted molar refractivity (Wildman–Crippen MR) is 105 cm³/mol. The molecule has 0 atom stereocenters. The van der Waals surface area contributed by atoms with Crippen LogP contribution in [-0.4, -0.2) is 67.9 Å². The minimum absolute atomic E-state index is 0.265. The molecule has 0 radical (unpaired) electrons. The number of hydrogen-bond donors (Lipinski definition) is 0. The topological polar surface area (TPSA) is 26.8 Å². The highest BCUT2D eigenvalue weighted by Gasteiger charge is 2.22. The van der Waals surface area contributed by atoms with Gasteiger partial charge in [0.25, 0.3) is 0 Å². The van der Waals surface area contributed by atoms with E-state index < -0.39 is 0 Å². The normalized spacial score (nSPS) is 20.5. The lowest BCUT2D eigenvalue weighted by Crippen LogP contribution is -2.47. The third-order valence-corrected chi connectivity index (χ3v) is 5.81.